The zero-order valence-electron chi connectivity index (χ0n) is 11.4. The highest BCUT2D eigenvalue weighted by molar-refractivity contribution is 5.51. The van der Waals surface area contributed by atoms with Gasteiger partial charge in [0.05, 0.1) is 5.69 Å². The fraction of sp³-hybridized carbons (Fsp3) is 0.692. The molecule has 0 amide bonds. The van der Waals surface area contributed by atoms with Gasteiger partial charge >= 0.3 is 0 Å². The first-order valence-electron chi connectivity index (χ1n) is 7.03. The number of piperidine rings is 1. The molecule has 1 aromatic heterocycles. The van der Waals surface area contributed by atoms with Crippen molar-refractivity contribution in [1.82, 2.24) is 20.2 Å². The number of nitrogens with zero attached hydrogens (tertiary/aromatic N) is 3. The second kappa shape index (κ2) is 5.30. The van der Waals surface area contributed by atoms with E-state index in [1.165, 1.54) is 24.9 Å². The number of nitrogens with one attached hydrogen (secondary N) is 2. The highest BCUT2D eigenvalue weighted by atomic mass is 15.2. The number of rotatable bonds is 2. The first-order valence-corrected chi connectivity index (χ1v) is 7.03. The molecule has 2 aliphatic rings. The smallest absolute Gasteiger partial charge is 0.222 e. The maximum absolute atomic E-state index is 5.82. The van der Waals surface area contributed by atoms with E-state index in [0.29, 0.717) is 12.0 Å². The molecule has 104 valence electrons. The van der Waals surface area contributed by atoms with Gasteiger partial charge in [0.15, 0.2) is 0 Å². The van der Waals surface area contributed by atoms with E-state index >= 15 is 0 Å². The largest absolute Gasteiger partial charge is 0.368 e. The van der Waals surface area contributed by atoms with Gasteiger partial charge in [0.25, 0.3) is 0 Å². The van der Waals surface area contributed by atoms with Gasteiger partial charge in [-0.15, -0.1) is 0 Å². The molecule has 4 N–H and O–H groups in total. The van der Waals surface area contributed by atoms with Crippen LogP contribution in [0.1, 0.15) is 24.1 Å². The van der Waals surface area contributed by atoms with Crippen molar-refractivity contribution >= 4 is 11.8 Å². The molecule has 2 aliphatic heterocycles. The van der Waals surface area contributed by atoms with Gasteiger partial charge in [-0.2, -0.15) is 4.98 Å². The zero-order valence-corrected chi connectivity index (χ0v) is 11.4. The van der Waals surface area contributed by atoms with E-state index in [1.807, 2.05) is 0 Å². The predicted molar refractivity (Wildman–Crippen MR) is 76.0 cm³/mol. The Morgan fingerprint density at radius 2 is 2.32 bits per heavy atom. The van der Waals surface area contributed by atoms with Crippen LogP contribution in [0, 0.1) is 0 Å². The predicted octanol–water partition coefficient (Wildman–Crippen LogP) is 0.211. The Morgan fingerprint density at radius 3 is 3.16 bits per heavy atom. The molecule has 0 spiro atoms. The second-order valence-electron chi connectivity index (χ2n) is 5.53. The summed E-state index contributed by atoms with van der Waals surface area (Å²) in [6, 6.07) is 0.457. The maximum Gasteiger partial charge on any atom is 0.222 e. The number of anilines is 2. The van der Waals surface area contributed by atoms with Crippen LogP contribution in [-0.2, 0) is 13.0 Å². The first kappa shape index (κ1) is 12.6. The van der Waals surface area contributed by atoms with E-state index in [0.717, 1.165) is 37.6 Å². The number of hydrogen-bond donors (Lipinski definition) is 3. The molecular formula is C13H22N6. The Kier molecular flexibility index (Phi) is 3.52. The van der Waals surface area contributed by atoms with Crippen LogP contribution in [0.25, 0.3) is 0 Å². The summed E-state index contributed by atoms with van der Waals surface area (Å²) in [7, 11) is 2.17. The molecule has 0 saturated carbocycles. The van der Waals surface area contributed by atoms with Crippen LogP contribution in [-0.4, -0.2) is 47.6 Å². The van der Waals surface area contributed by atoms with Crippen LogP contribution < -0.4 is 16.4 Å². The summed E-state index contributed by atoms with van der Waals surface area (Å²) in [6.07, 6.45) is 3.35. The zero-order chi connectivity index (χ0) is 13.2. The molecule has 1 atom stereocenters. The van der Waals surface area contributed by atoms with Crippen molar-refractivity contribution in [2.24, 2.45) is 0 Å². The Balaban J connectivity index is 1.81. The molecule has 6 heteroatoms. The highest BCUT2D eigenvalue weighted by Crippen LogP contribution is 2.23. The average Bonchev–Trinajstić information content (AvgIpc) is 2.38. The third-order valence-corrected chi connectivity index (χ3v) is 3.92. The molecule has 19 heavy (non-hydrogen) atoms. The van der Waals surface area contributed by atoms with Gasteiger partial charge < -0.3 is 21.3 Å². The van der Waals surface area contributed by atoms with Crippen molar-refractivity contribution in [2.45, 2.75) is 31.8 Å². The van der Waals surface area contributed by atoms with Gasteiger partial charge in [-0.1, -0.05) is 0 Å². The number of aromatic nitrogens is 2. The molecule has 6 nitrogen and oxygen atoms in total. The normalized spacial score (nSPS) is 23.9. The van der Waals surface area contributed by atoms with Crippen LogP contribution in [0.4, 0.5) is 11.8 Å². The minimum atomic E-state index is 0.382. The average molecular weight is 262 g/mol. The fourth-order valence-corrected chi connectivity index (χ4v) is 2.96. The van der Waals surface area contributed by atoms with Gasteiger partial charge in [0.1, 0.15) is 5.82 Å². The minimum absolute atomic E-state index is 0.382. The van der Waals surface area contributed by atoms with Crippen LogP contribution >= 0.6 is 0 Å². The standard InChI is InChI=1S/C13H22N6/c1-19-6-2-3-9(8-19)16-12-10-7-15-5-4-11(10)17-13(14)18-12/h9,15H,2-8H2,1H3,(H3,14,16,17,18). The Hall–Kier alpha value is -1.40. The Labute approximate surface area is 113 Å². The summed E-state index contributed by atoms with van der Waals surface area (Å²) < 4.78 is 0. The summed E-state index contributed by atoms with van der Waals surface area (Å²) in [5.74, 6) is 1.31. The van der Waals surface area contributed by atoms with Gasteiger partial charge in [0.2, 0.25) is 5.95 Å². The lowest BCUT2D eigenvalue weighted by Gasteiger charge is -2.31. The monoisotopic (exact) mass is 262 g/mol. The molecule has 1 unspecified atom stereocenters. The molecule has 3 heterocycles. The first-order chi connectivity index (χ1) is 9.22. The molecule has 0 radical (unpaired) electrons. The van der Waals surface area contributed by atoms with Crippen LogP contribution in [0.2, 0.25) is 0 Å². The lowest BCUT2D eigenvalue weighted by atomic mass is 10.0. The lowest BCUT2D eigenvalue weighted by molar-refractivity contribution is 0.260. The van der Waals surface area contributed by atoms with Gasteiger partial charge in [-0.05, 0) is 26.4 Å². The van der Waals surface area contributed by atoms with E-state index < -0.39 is 0 Å². The van der Waals surface area contributed by atoms with Crippen molar-refractivity contribution in [3.05, 3.63) is 11.3 Å². The van der Waals surface area contributed by atoms with Crippen molar-refractivity contribution in [2.75, 3.05) is 37.7 Å². The third kappa shape index (κ3) is 2.79. The molecule has 1 saturated heterocycles. The summed E-state index contributed by atoms with van der Waals surface area (Å²) in [5.41, 5.74) is 8.11. The van der Waals surface area contributed by atoms with Gasteiger partial charge in [-0.3, -0.25) is 0 Å². The quantitative estimate of drug-likeness (QED) is 0.707. The number of likely N-dealkylation sites (tertiary alicyclic amines) is 1. The van der Waals surface area contributed by atoms with Crippen LogP contribution in [0.15, 0.2) is 0 Å². The number of nitrogen functional groups attached to an aromatic ring is 1. The summed E-state index contributed by atoms with van der Waals surface area (Å²) in [4.78, 5) is 11.1. The topological polar surface area (TPSA) is 79.1 Å². The van der Waals surface area contributed by atoms with E-state index in [2.05, 4.69) is 32.5 Å². The Bertz CT molecular complexity index is 461. The van der Waals surface area contributed by atoms with Crippen molar-refractivity contribution in [3.8, 4) is 0 Å². The van der Waals surface area contributed by atoms with Gasteiger partial charge in [-0.25, -0.2) is 4.98 Å². The molecule has 1 fully saturated rings. The van der Waals surface area contributed by atoms with E-state index in [1.54, 1.807) is 0 Å². The van der Waals surface area contributed by atoms with E-state index in [-0.39, 0.29) is 0 Å². The maximum atomic E-state index is 5.82. The second-order valence-corrected chi connectivity index (χ2v) is 5.53. The van der Waals surface area contributed by atoms with Crippen molar-refractivity contribution in [3.63, 3.8) is 0 Å². The lowest BCUT2D eigenvalue weighted by Crippen LogP contribution is -2.40. The van der Waals surface area contributed by atoms with E-state index in [9.17, 15) is 0 Å². The summed E-state index contributed by atoms with van der Waals surface area (Å²) in [6.45, 7) is 4.05. The third-order valence-electron chi connectivity index (χ3n) is 3.92. The minimum Gasteiger partial charge on any atom is -0.368 e. The van der Waals surface area contributed by atoms with Crippen molar-refractivity contribution in [1.29, 1.82) is 0 Å². The number of hydrogen-bond acceptors (Lipinski definition) is 6. The molecular weight excluding hydrogens is 240 g/mol. The SMILES string of the molecule is CN1CCCC(Nc2nc(N)nc3c2CNCC3)C1. The fourth-order valence-electron chi connectivity index (χ4n) is 2.96. The Morgan fingerprint density at radius 1 is 1.42 bits per heavy atom. The highest BCUT2D eigenvalue weighted by Gasteiger charge is 2.21. The van der Waals surface area contributed by atoms with E-state index in [4.69, 9.17) is 5.73 Å². The van der Waals surface area contributed by atoms with Crippen LogP contribution in [0.5, 0.6) is 0 Å². The molecule has 0 aliphatic carbocycles. The number of fused-ring (bicyclic) bond motifs is 1. The number of likely N-dealkylation sites (N-methyl/N-ethyl adjacent to an activating group) is 1. The van der Waals surface area contributed by atoms with Gasteiger partial charge in [0, 0.05) is 37.7 Å². The molecule has 0 bridgehead atoms. The van der Waals surface area contributed by atoms with Crippen molar-refractivity contribution < 1.29 is 0 Å². The summed E-state index contributed by atoms with van der Waals surface area (Å²) >= 11 is 0. The van der Waals surface area contributed by atoms with Crippen LogP contribution in [0.3, 0.4) is 0 Å². The summed E-state index contributed by atoms with van der Waals surface area (Å²) in [5, 5.41) is 6.94. The number of nitrogens with two attached hydrogens (primary N) is 1. The molecule has 3 rings (SSSR count). The molecule has 0 aromatic carbocycles. The molecule has 1 aromatic rings.